The lowest BCUT2D eigenvalue weighted by Crippen LogP contribution is -1.95. The van der Waals surface area contributed by atoms with Gasteiger partial charge in [0.05, 0.1) is 22.8 Å². The van der Waals surface area contributed by atoms with E-state index in [2.05, 4.69) is 70.4 Å². The Morgan fingerprint density at radius 1 is 0.900 bits per heavy atom. The number of nitrogens with one attached hydrogen (secondary N) is 2. The Balaban J connectivity index is 1.51. The number of nitrogens with zero attached hydrogens (tertiary/aromatic N) is 1. The maximum Gasteiger partial charge on any atom is 0.145 e. The fourth-order valence-electron chi connectivity index (χ4n) is 3.62. The second kappa shape index (κ2) is 7.91. The summed E-state index contributed by atoms with van der Waals surface area (Å²) in [5.41, 5.74) is 7.21. The van der Waals surface area contributed by atoms with Crippen LogP contribution in [0.3, 0.4) is 0 Å². The molecule has 4 aromatic rings. The Kier molecular flexibility index (Phi) is 4.81. The van der Waals surface area contributed by atoms with Crippen LogP contribution < -0.4 is 4.74 Å². The summed E-state index contributed by atoms with van der Waals surface area (Å²) < 4.78 is 6.20. The van der Waals surface area contributed by atoms with Gasteiger partial charge in [0.1, 0.15) is 12.4 Å². The van der Waals surface area contributed by atoms with Gasteiger partial charge in [-0.1, -0.05) is 55.5 Å². The number of rotatable bonds is 6. The van der Waals surface area contributed by atoms with E-state index in [4.69, 9.17) is 4.74 Å². The third-order valence-corrected chi connectivity index (χ3v) is 5.24. The fourth-order valence-corrected chi connectivity index (χ4v) is 3.62. The van der Waals surface area contributed by atoms with Gasteiger partial charge < -0.3 is 14.7 Å². The van der Waals surface area contributed by atoms with Crippen LogP contribution in [-0.2, 0) is 6.61 Å². The molecular formula is C26H23N3O. The van der Waals surface area contributed by atoms with Crippen LogP contribution in [0.1, 0.15) is 24.6 Å². The number of fused-ring (bicyclic) bond motifs is 1. The van der Waals surface area contributed by atoms with Gasteiger partial charge in [0.15, 0.2) is 0 Å². The van der Waals surface area contributed by atoms with Gasteiger partial charge in [-0.3, -0.25) is 4.99 Å². The number of para-hydroxylation sites is 1. The molecule has 1 aliphatic rings. The second-order valence-corrected chi connectivity index (χ2v) is 7.36. The van der Waals surface area contributed by atoms with Crippen molar-refractivity contribution in [2.24, 2.45) is 4.99 Å². The maximum absolute atomic E-state index is 6.20. The molecule has 0 fully saturated rings. The summed E-state index contributed by atoms with van der Waals surface area (Å²) in [7, 11) is 0. The first-order valence-corrected chi connectivity index (χ1v) is 10.2. The molecule has 2 aromatic carbocycles. The van der Waals surface area contributed by atoms with Crippen molar-refractivity contribution in [1.82, 2.24) is 9.97 Å². The molecule has 2 N–H and O–H groups in total. The van der Waals surface area contributed by atoms with Crippen LogP contribution in [-0.4, -0.2) is 15.7 Å². The average Bonchev–Trinajstić information content (AvgIpc) is 3.51. The average molecular weight is 393 g/mol. The fraction of sp³-hybridized carbons (Fsp3) is 0.115. The molecule has 4 nitrogen and oxygen atoms in total. The van der Waals surface area contributed by atoms with Crippen molar-refractivity contribution in [3.05, 3.63) is 95.8 Å². The van der Waals surface area contributed by atoms with Crippen molar-refractivity contribution in [2.75, 3.05) is 0 Å². The van der Waals surface area contributed by atoms with Crippen molar-refractivity contribution < 1.29 is 4.74 Å². The lowest BCUT2D eigenvalue weighted by molar-refractivity contribution is 0.306. The molecule has 2 aromatic heterocycles. The zero-order valence-corrected chi connectivity index (χ0v) is 16.9. The smallest absolute Gasteiger partial charge is 0.145 e. The van der Waals surface area contributed by atoms with E-state index < -0.39 is 0 Å². The van der Waals surface area contributed by atoms with Gasteiger partial charge in [-0.2, -0.15) is 0 Å². The molecular weight excluding hydrogens is 370 g/mol. The number of hydrogen-bond acceptors (Lipinski definition) is 2. The minimum atomic E-state index is 0.514. The second-order valence-electron chi connectivity index (χ2n) is 7.36. The lowest BCUT2D eigenvalue weighted by Gasteiger charge is -2.05. The number of hydrogen-bond donors (Lipinski definition) is 2. The number of aliphatic imine (C=N–C) groups is 1. The van der Waals surface area contributed by atoms with E-state index in [1.54, 1.807) is 0 Å². The third kappa shape index (κ3) is 3.72. The highest BCUT2D eigenvalue weighted by Gasteiger charge is 2.13. The van der Waals surface area contributed by atoms with Crippen molar-refractivity contribution >= 4 is 22.7 Å². The standard InChI is InChI=1S/C26H23N3O/c1-2-20-12-13-21(27-20)15-25-26(30-17-18-8-4-3-5-9-18)16-24(29-25)23-14-19-10-6-7-11-22(19)28-23/h3-16,28-29H,2,17H2,1H3. The monoisotopic (exact) mass is 393 g/mol. The van der Waals surface area contributed by atoms with E-state index in [-0.39, 0.29) is 0 Å². The summed E-state index contributed by atoms with van der Waals surface area (Å²) in [6.45, 7) is 2.63. The van der Waals surface area contributed by atoms with Gasteiger partial charge in [0.2, 0.25) is 0 Å². The molecule has 0 radical (unpaired) electrons. The van der Waals surface area contributed by atoms with E-state index in [0.29, 0.717) is 6.61 Å². The summed E-state index contributed by atoms with van der Waals surface area (Å²) in [6, 6.07) is 22.7. The Labute approximate surface area is 175 Å². The first kappa shape index (κ1) is 18.3. The minimum absolute atomic E-state index is 0.514. The van der Waals surface area contributed by atoms with Gasteiger partial charge in [-0.15, -0.1) is 0 Å². The molecule has 0 atom stereocenters. The molecule has 0 aliphatic carbocycles. The Morgan fingerprint density at radius 2 is 1.70 bits per heavy atom. The van der Waals surface area contributed by atoms with Crippen LogP contribution >= 0.6 is 0 Å². The molecule has 4 heteroatoms. The predicted octanol–water partition coefficient (Wildman–Crippen LogP) is 6.50. The van der Waals surface area contributed by atoms with E-state index in [0.717, 1.165) is 51.7 Å². The van der Waals surface area contributed by atoms with Crippen LogP contribution in [0.4, 0.5) is 0 Å². The number of aromatic amines is 2. The maximum atomic E-state index is 6.20. The first-order valence-electron chi connectivity index (χ1n) is 10.2. The Bertz CT molecular complexity index is 1240. The van der Waals surface area contributed by atoms with Crippen LogP contribution in [0.25, 0.3) is 28.4 Å². The minimum Gasteiger partial charge on any atom is -0.487 e. The Hall–Kier alpha value is -3.79. The highest BCUT2D eigenvalue weighted by molar-refractivity contribution is 5.99. The molecule has 0 bridgehead atoms. The molecule has 5 rings (SSSR count). The van der Waals surface area contributed by atoms with E-state index >= 15 is 0 Å². The topological polar surface area (TPSA) is 53.2 Å². The van der Waals surface area contributed by atoms with E-state index in [1.807, 2.05) is 36.4 Å². The van der Waals surface area contributed by atoms with Gasteiger partial charge in [0, 0.05) is 22.7 Å². The molecule has 148 valence electrons. The summed E-state index contributed by atoms with van der Waals surface area (Å²) in [4.78, 5) is 11.7. The number of aromatic nitrogens is 2. The molecule has 30 heavy (non-hydrogen) atoms. The molecule has 1 aliphatic heterocycles. The Morgan fingerprint density at radius 3 is 2.50 bits per heavy atom. The summed E-state index contributed by atoms with van der Waals surface area (Å²) in [5, 5.41) is 1.18. The first-order chi connectivity index (χ1) is 14.8. The molecule has 0 unspecified atom stereocenters. The van der Waals surface area contributed by atoms with Crippen molar-refractivity contribution in [2.45, 2.75) is 20.0 Å². The number of allylic oxidation sites excluding steroid dienone is 2. The molecule has 0 spiro atoms. The molecule has 0 saturated heterocycles. The zero-order valence-electron chi connectivity index (χ0n) is 16.9. The summed E-state index contributed by atoms with van der Waals surface area (Å²) in [5.74, 6) is 0.813. The van der Waals surface area contributed by atoms with Gasteiger partial charge in [0.25, 0.3) is 0 Å². The van der Waals surface area contributed by atoms with Crippen molar-refractivity contribution in [1.29, 1.82) is 0 Å². The van der Waals surface area contributed by atoms with Crippen LogP contribution in [0.15, 0.2) is 89.6 Å². The van der Waals surface area contributed by atoms with Crippen LogP contribution in [0.2, 0.25) is 0 Å². The third-order valence-electron chi connectivity index (χ3n) is 5.24. The van der Waals surface area contributed by atoms with Gasteiger partial charge >= 0.3 is 0 Å². The normalized spacial score (nSPS) is 14.6. The van der Waals surface area contributed by atoms with Gasteiger partial charge in [-0.05, 0) is 42.3 Å². The predicted molar refractivity (Wildman–Crippen MR) is 124 cm³/mol. The highest BCUT2D eigenvalue weighted by atomic mass is 16.5. The molecule has 0 amide bonds. The number of H-pyrrole nitrogens is 2. The SMILES string of the molecule is CCC1=NC(=Cc2[nH]c(-c3cc4ccccc4[nH]3)cc2OCc2ccccc2)C=C1. The van der Waals surface area contributed by atoms with Crippen molar-refractivity contribution in [3.63, 3.8) is 0 Å². The van der Waals surface area contributed by atoms with Crippen LogP contribution in [0.5, 0.6) is 5.75 Å². The largest absolute Gasteiger partial charge is 0.487 e. The summed E-state index contributed by atoms with van der Waals surface area (Å²) >= 11 is 0. The zero-order chi connectivity index (χ0) is 20.3. The molecule has 3 heterocycles. The van der Waals surface area contributed by atoms with Crippen molar-refractivity contribution in [3.8, 4) is 17.1 Å². The quantitative estimate of drug-likeness (QED) is 0.386. The number of benzene rings is 2. The van der Waals surface area contributed by atoms with Gasteiger partial charge in [-0.25, -0.2) is 0 Å². The molecule has 0 saturated carbocycles. The van der Waals surface area contributed by atoms with E-state index in [1.165, 1.54) is 5.39 Å². The lowest BCUT2D eigenvalue weighted by atomic mass is 10.2. The summed E-state index contributed by atoms with van der Waals surface area (Å²) in [6.07, 6.45) is 7.09. The van der Waals surface area contributed by atoms with E-state index in [9.17, 15) is 0 Å². The number of ether oxygens (including phenoxy) is 1. The van der Waals surface area contributed by atoms with Crippen LogP contribution in [0, 0.1) is 0 Å². The highest BCUT2D eigenvalue weighted by Crippen LogP contribution is 2.31.